The Labute approximate surface area is 124 Å². The van der Waals surface area contributed by atoms with Gasteiger partial charge in [0.05, 0.1) is 11.7 Å². The van der Waals surface area contributed by atoms with Crippen LogP contribution in [0.25, 0.3) is 10.6 Å². The van der Waals surface area contributed by atoms with Crippen LogP contribution in [0.1, 0.15) is 53.8 Å². The molecule has 2 aliphatic carbocycles. The summed E-state index contributed by atoms with van der Waals surface area (Å²) in [5.41, 5.74) is 4.20. The number of nitrogens with zero attached hydrogens (tertiary/aromatic N) is 1. The maximum atomic E-state index is 5.00. The molecule has 1 unspecified atom stereocenters. The van der Waals surface area contributed by atoms with Gasteiger partial charge in [0, 0.05) is 10.4 Å². The minimum atomic E-state index is 0.455. The van der Waals surface area contributed by atoms with E-state index < -0.39 is 0 Å². The zero-order valence-electron chi connectivity index (χ0n) is 11.9. The predicted octanol–water partition coefficient (Wildman–Crippen LogP) is 4.28. The molecule has 0 amide bonds. The lowest BCUT2D eigenvalue weighted by Crippen LogP contribution is -2.21. The summed E-state index contributed by atoms with van der Waals surface area (Å²) in [6.07, 6.45) is 6.40. The van der Waals surface area contributed by atoms with E-state index in [1.165, 1.54) is 58.8 Å². The molecule has 0 radical (unpaired) electrons. The van der Waals surface area contributed by atoms with E-state index in [1.54, 1.807) is 0 Å². The summed E-state index contributed by atoms with van der Waals surface area (Å²) < 4.78 is 0. The number of hydrogen-bond acceptors (Lipinski definition) is 3. The monoisotopic (exact) mass is 284 g/mol. The summed E-state index contributed by atoms with van der Waals surface area (Å²) in [5, 5.41) is 4.65. The van der Waals surface area contributed by atoms with Crippen molar-refractivity contribution in [1.82, 2.24) is 10.3 Å². The van der Waals surface area contributed by atoms with Crippen molar-refractivity contribution >= 4 is 11.3 Å². The van der Waals surface area contributed by atoms with Crippen molar-refractivity contribution in [3.8, 4) is 10.6 Å². The molecule has 0 aliphatic heterocycles. The molecule has 1 saturated carbocycles. The van der Waals surface area contributed by atoms with Crippen LogP contribution in [0.4, 0.5) is 0 Å². The number of thiazole rings is 1. The first-order valence-corrected chi connectivity index (χ1v) is 8.44. The number of aryl methyl sites for hydroxylation is 1. The summed E-state index contributed by atoms with van der Waals surface area (Å²) in [5.74, 6) is 0.784. The number of aromatic nitrogens is 1. The van der Waals surface area contributed by atoms with Gasteiger partial charge in [-0.05, 0) is 50.6 Å². The van der Waals surface area contributed by atoms with Crippen LogP contribution in [-0.4, -0.2) is 12.0 Å². The van der Waals surface area contributed by atoms with Gasteiger partial charge in [-0.2, -0.15) is 0 Å². The first kappa shape index (κ1) is 12.5. The van der Waals surface area contributed by atoms with Gasteiger partial charge in [0.15, 0.2) is 0 Å². The Hall–Kier alpha value is -1.19. The molecule has 2 nitrogen and oxygen atoms in total. The van der Waals surface area contributed by atoms with E-state index in [0.29, 0.717) is 6.04 Å². The third-order valence-electron chi connectivity index (χ3n) is 4.51. The average molecular weight is 284 g/mol. The predicted molar refractivity (Wildman–Crippen MR) is 84.3 cm³/mol. The van der Waals surface area contributed by atoms with Gasteiger partial charge in [0.1, 0.15) is 5.01 Å². The van der Waals surface area contributed by atoms with Gasteiger partial charge in [-0.25, -0.2) is 4.98 Å². The second-order valence-electron chi connectivity index (χ2n) is 5.92. The van der Waals surface area contributed by atoms with Crippen LogP contribution >= 0.6 is 11.3 Å². The van der Waals surface area contributed by atoms with Crippen LogP contribution < -0.4 is 5.32 Å². The van der Waals surface area contributed by atoms with Gasteiger partial charge in [-0.3, -0.25) is 0 Å². The van der Waals surface area contributed by atoms with Crippen molar-refractivity contribution in [2.75, 3.05) is 7.05 Å². The first-order chi connectivity index (χ1) is 9.86. The van der Waals surface area contributed by atoms with Crippen molar-refractivity contribution in [3.63, 3.8) is 0 Å². The Morgan fingerprint density at radius 2 is 2.05 bits per heavy atom. The maximum absolute atomic E-state index is 5.00. The number of hydrogen-bond donors (Lipinski definition) is 1. The van der Waals surface area contributed by atoms with Gasteiger partial charge in [-0.1, -0.05) is 24.3 Å². The van der Waals surface area contributed by atoms with Gasteiger partial charge in [0.2, 0.25) is 0 Å². The zero-order valence-corrected chi connectivity index (χ0v) is 12.7. The normalized spacial score (nSPS) is 21.8. The summed E-state index contributed by atoms with van der Waals surface area (Å²) in [6.45, 7) is 0. The van der Waals surface area contributed by atoms with Crippen LogP contribution in [0.15, 0.2) is 24.3 Å². The van der Waals surface area contributed by atoms with E-state index in [2.05, 4.69) is 36.6 Å². The van der Waals surface area contributed by atoms with Crippen molar-refractivity contribution in [1.29, 1.82) is 0 Å². The lowest BCUT2D eigenvalue weighted by Gasteiger charge is -2.19. The number of rotatable bonds is 3. The second-order valence-corrected chi connectivity index (χ2v) is 7.01. The van der Waals surface area contributed by atoms with Crippen LogP contribution in [-0.2, 0) is 6.42 Å². The van der Waals surface area contributed by atoms with Crippen molar-refractivity contribution in [2.45, 2.75) is 44.1 Å². The topological polar surface area (TPSA) is 24.9 Å². The van der Waals surface area contributed by atoms with E-state index in [0.717, 1.165) is 5.92 Å². The highest BCUT2D eigenvalue weighted by Crippen LogP contribution is 2.46. The van der Waals surface area contributed by atoms with Crippen LogP contribution in [0.2, 0.25) is 0 Å². The van der Waals surface area contributed by atoms with E-state index in [9.17, 15) is 0 Å². The van der Waals surface area contributed by atoms with Crippen LogP contribution in [0, 0.1) is 0 Å². The quantitative estimate of drug-likeness (QED) is 0.909. The highest BCUT2D eigenvalue weighted by molar-refractivity contribution is 7.15. The third kappa shape index (κ3) is 2.09. The molecule has 2 aliphatic rings. The summed E-state index contributed by atoms with van der Waals surface area (Å²) in [4.78, 5) is 6.50. The Balaban J connectivity index is 1.78. The number of fused-ring (bicyclic) bond motifs is 1. The lowest BCUT2D eigenvalue weighted by atomic mass is 9.98. The fourth-order valence-electron chi connectivity index (χ4n) is 3.26. The average Bonchev–Trinajstić information content (AvgIpc) is 3.25. The zero-order chi connectivity index (χ0) is 13.5. The molecule has 1 fully saturated rings. The SMILES string of the molecule is CNC1CCCc2sc(-c3ccccc3C3CC3)nc21. The number of benzene rings is 1. The fraction of sp³-hybridized carbons (Fsp3) is 0.471. The van der Waals surface area contributed by atoms with Crippen molar-refractivity contribution in [3.05, 3.63) is 40.4 Å². The molecule has 3 heteroatoms. The van der Waals surface area contributed by atoms with E-state index >= 15 is 0 Å². The molecule has 1 atom stereocenters. The Morgan fingerprint density at radius 3 is 2.85 bits per heavy atom. The van der Waals surface area contributed by atoms with Crippen molar-refractivity contribution < 1.29 is 0 Å². The molecule has 1 aromatic carbocycles. The molecule has 20 heavy (non-hydrogen) atoms. The number of nitrogens with one attached hydrogen (secondary N) is 1. The van der Waals surface area contributed by atoms with Gasteiger partial charge in [-0.15, -0.1) is 11.3 Å². The van der Waals surface area contributed by atoms with Gasteiger partial charge >= 0.3 is 0 Å². The van der Waals surface area contributed by atoms with Crippen molar-refractivity contribution in [2.24, 2.45) is 0 Å². The van der Waals surface area contributed by atoms with E-state index in [4.69, 9.17) is 4.98 Å². The largest absolute Gasteiger partial charge is 0.312 e. The second kappa shape index (κ2) is 4.97. The van der Waals surface area contributed by atoms with E-state index in [1.807, 2.05) is 11.3 Å². The van der Waals surface area contributed by atoms with Crippen LogP contribution in [0.3, 0.4) is 0 Å². The molecule has 4 rings (SSSR count). The summed E-state index contributed by atoms with van der Waals surface area (Å²) in [7, 11) is 2.05. The Kier molecular flexibility index (Phi) is 3.12. The molecule has 1 heterocycles. The molecular weight excluding hydrogens is 264 g/mol. The molecule has 0 saturated heterocycles. The molecular formula is C17H20N2S. The molecule has 1 N–H and O–H groups in total. The molecule has 2 aromatic rings. The third-order valence-corrected chi connectivity index (χ3v) is 5.68. The summed E-state index contributed by atoms with van der Waals surface area (Å²) >= 11 is 1.92. The van der Waals surface area contributed by atoms with Crippen LogP contribution in [0.5, 0.6) is 0 Å². The minimum absolute atomic E-state index is 0.455. The smallest absolute Gasteiger partial charge is 0.124 e. The maximum Gasteiger partial charge on any atom is 0.124 e. The molecule has 0 bridgehead atoms. The standard InChI is InChI=1S/C17H20N2S/c1-18-14-7-4-8-15-16(14)19-17(20-15)13-6-3-2-5-12(13)11-9-10-11/h2-3,5-6,11,14,18H,4,7-10H2,1H3. The lowest BCUT2D eigenvalue weighted by molar-refractivity contribution is 0.490. The summed E-state index contributed by atoms with van der Waals surface area (Å²) in [6, 6.07) is 9.32. The highest BCUT2D eigenvalue weighted by atomic mass is 32.1. The fourth-order valence-corrected chi connectivity index (χ4v) is 4.47. The molecule has 104 valence electrons. The molecule has 0 spiro atoms. The molecule has 1 aromatic heterocycles. The minimum Gasteiger partial charge on any atom is -0.312 e. The van der Waals surface area contributed by atoms with Gasteiger partial charge < -0.3 is 5.32 Å². The Bertz CT molecular complexity index is 628. The van der Waals surface area contributed by atoms with E-state index in [-0.39, 0.29) is 0 Å². The highest BCUT2D eigenvalue weighted by Gasteiger charge is 2.29. The Morgan fingerprint density at radius 1 is 1.20 bits per heavy atom. The van der Waals surface area contributed by atoms with Gasteiger partial charge in [0.25, 0.3) is 0 Å². The first-order valence-electron chi connectivity index (χ1n) is 7.63.